The fourth-order valence-corrected chi connectivity index (χ4v) is 2.10. The summed E-state index contributed by atoms with van der Waals surface area (Å²) < 4.78 is 0. The van der Waals surface area contributed by atoms with Crippen molar-refractivity contribution in [2.24, 2.45) is 5.73 Å². The molecule has 1 fully saturated rings. The molecule has 0 saturated carbocycles. The van der Waals surface area contributed by atoms with E-state index in [1.807, 2.05) is 6.92 Å². The van der Waals surface area contributed by atoms with Crippen LogP contribution < -0.4 is 11.1 Å². The maximum absolute atomic E-state index is 12.3. The van der Waals surface area contributed by atoms with Gasteiger partial charge in [-0.15, -0.1) is 12.4 Å². The molecule has 0 radical (unpaired) electrons. The number of carbonyl (C=O) groups is 2. The van der Waals surface area contributed by atoms with Gasteiger partial charge in [-0.25, -0.2) is 0 Å². The second kappa shape index (κ2) is 6.54. The van der Waals surface area contributed by atoms with E-state index in [0.29, 0.717) is 30.3 Å². The van der Waals surface area contributed by atoms with Crippen molar-refractivity contribution < 1.29 is 9.59 Å². The predicted octanol–water partition coefficient (Wildman–Crippen LogP) is 0.641. The van der Waals surface area contributed by atoms with Gasteiger partial charge in [0.15, 0.2) is 0 Å². The van der Waals surface area contributed by atoms with Crippen molar-refractivity contribution in [3.05, 3.63) is 35.4 Å². The first kappa shape index (κ1) is 15.5. The Morgan fingerprint density at radius 1 is 1.37 bits per heavy atom. The fourth-order valence-electron chi connectivity index (χ4n) is 2.10. The molecule has 6 heteroatoms. The Kier molecular flexibility index (Phi) is 5.32. The van der Waals surface area contributed by atoms with Crippen LogP contribution in [0, 0.1) is 0 Å². The third-order valence-corrected chi connectivity index (χ3v) is 3.05. The van der Waals surface area contributed by atoms with Crippen LogP contribution in [0.2, 0.25) is 0 Å². The lowest BCUT2D eigenvalue weighted by molar-refractivity contribution is 0.0709. The number of nitrogens with one attached hydrogen (secondary N) is 1. The highest BCUT2D eigenvalue weighted by atomic mass is 35.5. The summed E-state index contributed by atoms with van der Waals surface area (Å²) in [4.78, 5) is 25.2. The minimum absolute atomic E-state index is 0. The van der Waals surface area contributed by atoms with Gasteiger partial charge in [-0.2, -0.15) is 0 Å². The van der Waals surface area contributed by atoms with Gasteiger partial charge in [0.25, 0.3) is 5.91 Å². The molecule has 1 aliphatic heterocycles. The van der Waals surface area contributed by atoms with Crippen LogP contribution in [-0.4, -0.2) is 42.4 Å². The van der Waals surface area contributed by atoms with Crippen molar-refractivity contribution >= 4 is 24.2 Å². The molecule has 3 N–H and O–H groups in total. The number of benzene rings is 1. The van der Waals surface area contributed by atoms with E-state index in [2.05, 4.69) is 5.32 Å². The van der Waals surface area contributed by atoms with Crippen LogP contribution in [0.15, 0.2) is 24.3 Å². The smallest absolute Gasteiger partial charge is 0.253 e. The Hall–Kier alpha value is -1.59. The molecular formula is C13H18ClN3O2. The van der Waals surface area contributed by atoms with Crippen molar-refractivity contribution in [3.8, 4) is 0 Å². The largest absolute Gasteiger partial charge is 0.366 e. The first-order valence-electron chi connectivity index (χ1n) is 6.00. The van der Waals surface area contributed by atoms with E-state index in [9.17, 15) is 9.59 Å². The third kappa shape index (κ3) is 3.68. The molecule has 1 saturated heterocycles. The average molecular weight is 284 g/mol. The predicted molar refractivity (Wildman–Crippen MR) is 75.6 cm³/mol. The highest BCUT2D eigenvalue weighted by Crippen LogP contribution is 2.10. The lowest BCUT2D eigenvalue weighted by atomic mass is 10.1. The molecule has 0 aliphatic carbocycles. The molecular weight excluding hydrogens is 266 g/mol. The minimum Gasteiger partial charge on any atom is -0.366 e. The molecule has 1 heterocycles. The normalized spacial score (nSPS) is 18.6. The Labute approximate surface area is 118 Å². The lowest BCUT2D eigenvalue weighted by Crippen LogP contribution is -2.51. The van der Waals surface area contributed by atoms with Gasteiger partial charge in [0.1, 0.15) is 0 Å². The van der Waals surface area contributed by atoms with E-state index in [1.165, 1.54) is 0 Å². The molecule has 1 aromatic carbocycles. The van der Waals surface area contributed by atoms with Crippen molar-refractivity contribution in [2.75, 3.05) is 19.6 Å². The van der Waals surface area contributed by atoms with Gasteiger partial charge in [0.2, 0.25) is 5.91 Å². The number of amides is 2. The van der Waals surface area contributed by atoms with Crippen LogP contribution in [0.1, 0.15) is 27.6 Å². The van der Waals surface area contributed by atoms with E-state index in [-0.39, 0.29) is 18.3 Å². The summed E-state index contributed by atoms with van der Waals surface area (Å²) in [5.41, 5.74) is 6.09. The van der Waals surface area contributed by atoms with Gasteiger partial charge in [-0.3, -0.25) is 9.59 Å². The zero-order chi connectivity index (χ0) is 13.1. The molecule has 2 amide bonds. The average Bonchev–Trinajstić information content (AvgIpc) is 2.38. The van der Waals surface area contributed by atoms with Gasteiger partial charge in [0, 0.05) is 36.8 Å². The van der Waals surface area contributed by atoms with E-state index in [0.717, 1.165) is 6.54 Å². The standard InChI is InChI=1S/C13H17N3O2.ClH/c1-9-8-16(6-5-15-9)13(18)11-4-2-3-10(7-11)12(14)17;/h2-4,7,9,15H,5-6,8H2,1H3,(H2,14,17);1H. The van der Waals surface area contributed by atoms with Crippen molar-refractivity contribution in [1.82, 2.24) is 10.2 Å². The second-order valence-corrected chi connectivity index (χ2v) is 4.55. The Morgan fingerprint density at radius 2 is 2.05 bits per heavy atom. The van der Waals surface area contributed by atoms with Gasteiger partial charge < -0.3 is 16.0 Å². The topological polar surface area (TPSA) is 75.4 Å². The maximum atomic E-state index is 12.3. The van der Waals surface area contributed by atoms with E-state index in [4.69, 9.17) is 5.73 Å². The number of primary amides is 1. The van der Waals surface area contributed by atoms with E-state index < -0.39 is 5.91 Å². The number of nitrogens with two attached hydrogens (primary N) is 1. The molecule has 1 aromatic rings. The van der Waals surface area contributed by atoms with Crippen molar-refractivity contribution in [2.45, 2.75) is 13.0 Å². The first-order valence-corrected chi connectivity index (χ1v) is 6.00. The third-order valence-electron chi connectivity index (χ3n) is 3.05. The van der Waals surface area contributed by atoms with Crippen LogP contribution in [0.25, 0.3) is 0 Å². The maximum Gasteiger partial charge on any atom is 0.253 e. The van der Waals surface area contributed by atoms with E-state index >= 15 is 0 Å². The molecule has 104 valence electrons. The van der Waals surface area contributed by atoms with Crippen LogP contribution in [-0.2, 0) is 0 Å². The molecule has 19 heavy (non-hydrogen) atoms. The van der Waals surface area contributed by atoms with Gasteiger partial charge in [0.05, 0.1) is 0 Å². The second-order valence-electron chi connectivity index (χ2n) is 4.55. The number of carbonyl (C=O) groups excluding carboxylic acids is 2. The molecule has 0 bridgehead atoms. The highest BCUT2D eigenvalue weighted by molar-refractivity contribution is 5.99. The Balaban J connectivity index is 0.00000180. The first-order chi connectivity index (χ1) is 8.58. The summed E-state index contributed by atoms with van der Waals surface area (Å²) in [6.07, 6.45) is 0. The Bertz CT molecular complexity index is 479. The van der Waals surface area contributed by atoms with Crippen LogP contribution in [0.5, 0.6) is 0 Å². The highest BCUT2D eigenvalue weighted by Gasteiger charge is 2.21. The lowest BCUT2D eigenvalue weighted by Gasteiger charge is -2.32. The Morgan fingerprint density at radius 3 is 2.68 bits per heavy atom. The number of rotatable bonds is 2. The molecule has 2 rings (SSSR count). The minimum atomic E-state index is -0.515. The summed E-state index contributed by atoms with van der Waals surface area (Å²) in [6.45, 7) is 4.20. The molecule has 1 unspecified atom stereocenters. The number of nitrogens with zero attached hydrogens (tertiary/aromatic N) is 1. The molecule has 5 nitrogen and oxygen atoms in total. The van der Waals surface area contributed by atoms with E-state index in [1.54, 1.807) is 29.2 Å². The molecule has 1 aliphatic rings. The molecule has 1 atom stereocenters. The summed E-state index contributed by atoms with van der Waals surface area (Å²) >= 11 is 0. The summed E-state index contributed by atoms with van der Waals surface area (Å²) in [7, 11) is 0. The number of halogens is 1. The summed E-state index contributed by atoms with van der Waals surface area (Å²) in [5, 5.41) is 3.28. The quantitative estimate of drug-likeness (QED) is 0.836. The monoisotopic (exact) mass is 283 g/mol. The SMILES string of the molecule is CC1CN(C(=O)c2cccc(C(N)=O)c2)CCN1.Cl. The van der Waals surface area contributed by atoms with Crippen molar-refractivity contribution in [1.29, 1.82) is 0 Å². The van der Waals surface area contributed by atoms with Gasteiger partial charge >= 0.3 is 0 Å². The van der Waals surface area contributed by atoms with Crippen LogP contribution in [0.3, 0.4) is 0 Å². The molecule has 0 aromatic heterocycles. The number of hydrogen-bond donors (Lipinski definition) is 2. The van der Waals surface area contributed by atoms with Gasteiger partial charge in [-0.05, 0) is 25.1 Å². The number of piperazine rings is 1. The van der Waals surface area contributed by atoms with Gasteiger partial charge in [-0.1, -0.05) is 6.07 Å². The molecule has 0 spiro atoms. The summed E-state index contributed by atoms with van der Waals surface area (Å²) in [5.74, 6) is -0.565. The van der Waals surface area contributed by atoms with Crippen LogP contribution >= 0.6 is 12.4 Å². The van der Waals surface area contributed by atoms with Crippen LogP contribution in [0.4, 0.5) is 0 Å². The summed E-state index contributed by atoms with van der Waals surface area (Å²) in [6, 6.07) is 6.85. The fraction of sp³-hybridized carbons (Fsp3) is 0.385. The van der Waals surface area contributed by atoms with Crippen molar-refractivity contribution in [3.63, 3.8) is 0 Å². The number of hydrogen-bond acceptors (Lipinski definition) is 3. The zero-order valence-corrected chi connectivity index (χ0v) is 11.6. The zero-order valence-electron chi connectivity index (χ0n) is 10.8.